The Kier molecular flexibility index (Phi) is 2.72. The fourth-order valence-electron chi connectivity index (χ4n) is 1.96. The molecule has 1 aromatic heterocycles. The predicted octanol–water partition coefficient (Wildman–Crippen LogP) is 3.11. The molecular formula is C13H11ClN4. The van der Waals surface area contributed by atoms with Crippen molar-refractivity contribution in [2.75, 3.05) is 5.32 Å². The average molecular weight is 259 g/mol. The Labute approximate surface area is 110 Å². The van der Waals surface area contributed by atoms with Crippen LogP contribution in [0.3, 0.4) is 0 Å². The van der Waals surface area contributed by atoms with Crippen molar-refractivity contribution in [1.29, 1.82) is 0 Å². The molecule has 0 radical (unpaired) electrons. The van der Waals surface area contributed by atoms with Crippen molar-refractivity contribution in [2.45, 2.75) is 13.5 Å². The summed E-state index contributed by atoms with van der Waals surface area (Å²) in [5.74, 6) is 0.688. The van der Waals surface area contributed by atoms with E-state index in [1.807, 2.05) is 6.21 Å². The van der Waals surface area contributed by atoms with Crippen LogP contribution in [0.1, 0.15) is 16.7 Å². The lowest BCUT2D eigenvalue weighted by Gasteiger charge is -2.10. The number of aryl methyl sites for hydroxylation is 1. The molecule has 0 saturated carbocycles. The monoisotopic (exact) mass is 258 g/mol. The van der Waals surface area contributed by atoms with Crippen molar-refractivity contribution in [3.63, 3.8) is 0 Å². The van der Waals surface area contributed by atoms with Crippen molar-refractivity contribution in [3.05, 3.63) is 46.4 Å². The largest absolute Gasteiger partial charge is 0.340 e. The molecule has 2 aromatic rings. The van der Waals surface area contributed by atoms with Gasteiger partial charge in [0.25, 0.3) is 0 Å². The van der Waals surface area contributed by atoms with Gasteiger partial charge in [0.1, 0.15) is 5.82 Å². The van der Waals surface area contributed by atoms with Gasteiger partial charge in [-0.25, -0.2) is 9.97 Å². The first-order valence-electron chi connectivity index (χ1n) is 5.61. The summed E-state index contributed by atoms with van der Waals surface area (Å²) in [5.41, 5.74) is 4.59. The molecule has 18 heavy (non-hydrogen) atoms. The molecule has 90 valence electrons. The molecule has 5 heteroatoms. The zero-order valence-corrected chi connectivity index (χ0v) is 10.6. The first-order valence-corrected chi connectivity index (χ1v) is 5.99. The Bertz CT molecular complexity index is 637. The van der Waals surface area contributed by atoms with Gasteiger partial charge in [-0.15, -0.1) is 0 Å². The minimum atomic E-state index is 0.236. The zero-order valence-electron chi connectivity index (χ0n) is 9.81. The lowest BCUT2D eigenvalue weighted by Crippen LogP contribution is -1.98. The molecule has 3 rings (SSSR count). The van der Waals surface area contributed by atoms with E-state index in [1.54, 1.807) is 12.3 Å². The van der Waals surface area contributed by atoms with Crippen LogP contribution in [0.2, 0.25) is 5.28 Å². The maximum Gasteiger partial charge on any atom is 0.224 e. The normalized spacial score (nSPS) is 12.6. The number of aliphatic imine (C=N–C) groups is 1. The van der Waals surface area contributed by atoms with Crippen LogP contribution in [0.4, 0.5) is 11.5 Å². The average Bonchev–Trinajstić information content (AvgIpc) is 2.76. The number of halogens is 1. The van der Waals surface area contributed by atoms with Crippen LogP contribution in [0.15, 0.2) is 29.4 Å². The van der Waals surface area contributed by atoms with Crippen molar-refractivity contribution >= 4 is 29.3 Å². The summed E-state index contributed by atoms with van der Waals surface area (Å²) in [4.78, 5) is 12.2. The molecule has 0 fully saturated rings. The van der Waals surface area contributed by atoms with Gasteiger partial charge in [0.2, 0.25) is 5.28 Å². The molecule has 0 amide bonds. The molecule has 0 saturated heterocycles. The molecule has 0 atom stereocenters. The molecule has 0 spiro atoms. The third kappa shape index (κ3) is 2.07. The Morgan fingerprint density at radius 2 is 2.22 bits per heavy atom. The van der Waals surface area contributed by atoms with Gasteiger partial charge in [-0.2, -0.15) is 0 Å². The highest BCUT2D eigenvalue weighted by Gasteiger charge is 2.10. The van der Waals surface area contributed by atoms with Crippen LogP contribution in [0.5, 0.6) is 0 Å². The molecular weight excluding hydrogens is 248 g/mol. The third-order valence-electron chi connectivity index (χ3n) is 2.87. The summed E-state index contributed by atoms with van der Waals surface area (Å²) in [5, 5.41) is 3.48. The van der Waals surface area contributed by atoms with Crippen molar-refractivity contribution in [2.24, 2.45) is 4.99 Å². The minimum Gasteiger partial charge on any atom is -0.340 e. The molecule has 1 aliphatic heterocycles. The number of nitrogens with zero attached hydrogens (tertiary/aromatic N) is 3. The van der Waals surface area contributed by atoms with E-state index >= 15 is 0 Å². The van der Waals surface area contributed by atoms with Gasteiger partial charge in [0.05, 0.1) is 6.54 Å². The Hall–Kier alpha value is -1.94. The number of fused-ring (bicyclic) bond motifs is 1. The number of anilines is 2. The molecule has 1 aromatic carbocycles. The first kappa shape index (κ1) is 11.2. The molecule has 2 heterocycles. The predicted molar refractivity (Wildman–Crippen MR) is 72.8 cm³/mol. The second-order valence-corrected chi connectivity index (χ2v) is 4.51. The summed E-state index contributed by atoms with van der Waals surface area (Å²) >= 11 is 5.76. The SMILES string of the molecule is Cc1cc2c(cc1Nc1ccnc(Cl)n1)C=NC2. The fourth-order valence-corrected chi connectivity index (χ4v) is 2.11. The Morgan fingerprint density at radius 1 is 1.33 bits per heavy atom. The smallest absolute Gasteiger partial charge is 0.224 e. The number of benzene rings is 1. The molecule has 0 unspecified atom stereocenters. The lowest BCUT2D eigenvalue weighted by molar-refractivity contribution is 1.10. The van der Waals surface area contributed by atoms with Gasteiger partial charge in [-0.3, -0.25) is 4.99 Å². The zero-order chi connectivity index (χ0) is 12.5. The number of hydrogen-bond acceptors (Lipinski definition) is 4. The quantitative estimate of drug-likeness (QED) is 0.842. The second-order valence-electron chi connectivity index (χ2n) is 4.17. The van der Waals surface area contributed by atoms with E-state index in [9.17, 15) is 0 Å². The van der Waals surface area contributed by atoms with Gasteiger partial charge < -0.3 is 5.32 Å². The van der Waals surface area contributed by atoms with Gasteiger partial charge in [-0.1, -0.05) is 6.07 Å². The first-order chi connectivity index (χ1) is 8.72. The molecule has 4 nitrogen and oxygen atoms in total. The highest BCUT2D eigenvalue weighted by Crippen LogP contribution is 2.25. The summed E-state index contributed by atoms with van der Waals surface area (Å²) < 4.78 is 0. The van der Waals surface area contributed by atoms with Crippen LogP contribution >= 0.6 is 11.6 Å². The van der Waals surface area contributed by atoms with Crippen molar-refractivity contribution in [3.8, 4) is 0 Å². The topological polar surface area (TPSA) is 50.2 Å². The highest BCUT2D eigenvalue weighted by atomic mass is 35.5. The Balaban J connectivity index is 1.95. The van der Waals surface area contributed by atoms with E-state index in [0.29, 0.717) is 5.82 Å². The molecule has 0 aliphatic carbocycles. The molecule has 1 N–H and O–H groups in total. The third-order valence-corrected chi connectivity index (χ3v) is 3.05. The van der Waals surface area contributed by atoms with E-state index in [-0.39, 0.29) is 5.28 Å². The number of rotatable bonds is 2. The van der Waals surface area contributed by atoms with Crippen molar-refractivity contribution in [1.82, 2.24) is 9.97 Å². The maximum absolute atomic E-state index is 5.76. The summed E-state index contributed by atoms with van der Waals surface area (Å²) in [6.45, 7) is 2.83. The highest BCUT2D eigenvalue weighted by molar-refractivity contribution is 6.28. The van der Waals surface area contributed by atoms with Crippen LogP contribution in [0.25, 0.3) is 0 Å². The summed E-state index contributed by atoms with van der Waals surface area (Å²) in [7, 11) is 0. The molecule has 0 bridgehead atoms. The van der Waals surface area contributed by atoms with Crippen LogP contribution in [-0.4, -0.2) is 16.2 Å². The number of nitrogens with one attached hydrogen (secondary N) is 1. The van der Waals surface area contributed by atoms with E-state index in [0.717, 1.165) is 23.4 Å². The van der Waals surface area contributed by atoms with Crippen LogP contribution < -0.4 is 5.32 Å². The van der Waals surface area contributed by atoms with E-state index < -0.39 is 0 Å². The van der Waals surface area contributed by atoms with Crippen LogP contribution in [-0.2, 0) is 6.54 Å². The van der Waals surface area contributed by atoms with E-state index in [2.05, 4.69) is 39.3 Å². The second kappa shape index (κ2) is 4.38. The maximum atomic E-state index is 5.76. The van der Waals surface area contributed by atoms with Gasteiger partial charge in [0.15, 0.2) is 0 Å². The number of aromatic nitrogens is 2. The van der Waals surface area contributed by atoms with E-state index in [4.69, 9.17) is 11.6 Å². The van der Waals surface area contributed by atoms with Gasteiger partial charge in [-0.05, 0) is 47.3 Å². The van der Waals surface area contributed by atoms with Crippen LogP contribution in [0, 0.1) is 6.92 Å². The summed E-state index contributed by atoms with van der Waals surface area (Å²) in [6.07, 6.45) is 3.52. The van der Waals surface area contributed by atoms with Crippen molar-refractivity contribution < 1.29 is 0 Å². The summed E-state index contributed by atoms with van der Waals surface area (Å²) in [6, 6.07) is 6.01. The van der Waals surface area contributed by atoms with E-state index in [1.165, 1.54) is 5.56 Å². The fraction of sp³-hybridized carbons (Fsp3) is 0.154. The standard InChI is InChI=1S/C13H11ClN4/c1-8-4-9-6-15-7-10(9)5-11(8)17-12-2-3-16-13(14)18-12/h2-5,7H,6H2,1H3,(H,16,17,18). The lowest BCUT2D eigenvalue weighted by atomic mass is 10.0. The Morgan fingerprint density at radius 3 is 3.06 bits per heavy atom. The van der Waals surface area contributed by atoms with Gasteiger partial charge >= 0.3 is 0 Å². The van der Waals surface area contributed by atoms with Gasteiger partial charge in [0, 0.05) is 18.1 Å². The molecule has 1 aliphatic rings. The minimum absolute atomic E-state index is 0.236. The number of hydrogen-bond donors (Lipinski definition) is 1.